The summed E-state index contributed by atoms with van der Waals surface area (Å²) in [6, 6.07) is 6.76. The molecule has 0 spiro atoms. The number of esters is 1. The molecular formula is C33H32F5N5O4. The van der Waals surface area contributed by atoms with E-state index in [1.807, 2.05) is 32.0 Å². The first kappa shape index (κ1) is 33.5. The second-order valence-corrected chi connectivity index (χ2v) is 11.3. The Hall–Kier alpha value is -4.85. The van der Waals surface area contributed by atoms with Crippen LogP contribution in [-0.4, -0.2) is 81.1 Å². The molecule has 3 heterocycles. The molecule has 2 aromatic heterocycles. The van der Waals surface area contributed by atoms with Gasteiger partial charge >= 0.3 is 12.1 Å². The van der Waals surface area contributed by atoms with Crippen molar-refractivity contribution in [3.05, 3.63) is 83.2 Å². The molecule has 14 heteroatoms. The summed E-state index contributed by atoms with van der Waals surface area (Å²) in [6.07, 6.45) is -1.54. The first-order chi connectivity index (χ1) is 22.3. The third-order valence-electron chi connectivity index (χ3n) is 8.00. The zero-order valence-corrected chi connectivity index (χ0v) is 26.0. The van der Waals surface area contributed by atoms with Crippen LogP contribution in [0.5, 0.6) is 0 Å². The smallest absolute Gasteiger partial charge is 0.411 e. The van der Waals surface area contributed by atoms with Gasteiger partial charge in [0.2, 0.25) is 0 Å². The maximum absolute atomic E-state index is 15.3. The number of aryl methyl sites for hydroxylation is 1. The number of aromatic nitrogens is 2. The lowest BCUT2D eigenvalue weighted by Gasteiger charge is -2.38. The van der Waals surface area contributed by atoms with Crippen molar-refractivity contribution in [3.8, 4) is 11.3 Å². The van der Waals surface area contributed by atoms with Crippen LogP contribution in [0.1, 0.15) is 21.5 Å². The molecule has 1 aliphatic rings. The Kier molecular flexibility index (Phi) is 9.61. The number of alkyl halides is 3. The van der Waals surface area contributed by atoms with Crippen LogP contribution in [0.3, 0.4) is 0 Å². The number of benzene rings is 2. The zero-order valence-electron chi connectivity index (χ0n) is 26.0. The van der Waals surface area contributed by atoms with Crippen LogP contribution in [-0.2, 0) is 20.7 Å². The monoisotopic (exact) mass is 657 g/mol. The molecule has 248 valence electrons. The van der Waals surface area contributed by atoms with Crippen LogP contribution >= 0.6 is 0 Å². The SMILES string of the molecule is COC(=O)[C@H](Cc1ccc(-c2nccc(C)c2N(C)C)c2ncccc12)NC(=O)c1c(F)cc(N2CCOC[C@@H]2C(F)(F)F)cc1F. The quantitative estimate of drug-likeness (QED) is 0.203. The van der Waals surface area contributed by atoms with Crippen LogP contribution < -0.4 is 15.1 Å². The number of amides is 1. The first-order valence-electron chi connectivity index (χ1n) is 14.6. The number of anilines is 2. The largest absolute Gasteiger partial charge is 0.467 e. The highest BCUT2D eigenvalue weighted by molar-refractivity contribution is 5.99. The van der Waals surface area contributed by atoms with E-state index >= 15 is 8.78 Å². The Morgan fingerprint density at radius 1 is 1.11 bits per heavy atom. The van der Waals surface area contributed by atoms with Gasteiger partial charge in [-0.25, -0.2) is 13.6 Å². The molecule has 0 aliphatic carbocycles. The standard InChI is InChI=1S/C33H32F5N5O4/c1-18-9-11-40-29(30(18)42(2)3)22-8-7-19(21-6-5-10-39-28(21)22)14-25(32(45)46-4)41-31(44)27-23(34)15-20(16-24(27)35)43-12-13-47-17-26(43)33(36,37)38/h5-11,15-16,25-26H,12-14,17H2,1-4H3,(H,41,44)/t25-,26+/m0/s1. The third kappa shape index (κ3) is 6.82. The lowest BCUT2D eigenvalue weighted by molar-refractivity contribution is -0.167. The summed E-state index contributed by atoms with van der Waals surface area (Å²) in [4.78, 5) is 38.0. The van der Waals surface area contributed by atoms with E-state index in [0.717, 1.165) is 28.8 Å². The summed E-state index contributed by atoms with van der Waals surface area (Å²) < 4.78 is 81.0. The highest BCUT2D eigenvalue weighted by Crippen LogP contribution is 2.36. The second kappa shape index (κ2) is 13.5. The summed E-state index contributed by atoms with van der Waals surface area (Å²) in [5.74, 6) is -4.95. The molecule has 1 N–H and O–H groups in total. The highest BCUT2D eigenvalue weighted by atomic mass is 19.4. The Morgan fingerprint density at radius 2 is 1.83 bits per heavy atom. The Balaban J connectivity index is 1.46. The van der Waals surface area contributed by atoms with Crippen molar-refractivity contribution in [2.75, 3.05) is 50.8 Å². The zero-order chi connectivity index (χ0) is 34.0. The fourth-order valence-corrected chi connectivity index (χ4v) is 5.83. The van der Waals surface area contributed by atoms with Gasteiger partial charge in [0.05, 0.1) is 37.2 Å². The Labute approximate surface area is 267 Å². The number of halogens is 5. The van der Waals surface area contributed by atoms with Crippen LogP contribution in [0, 0.1) is 18.6 Å². The predicted molar refractivity (Wildman–Crippen MR) is 165 cm³/mol. The van der Waals surface area contributed by atoms with Crippen molar-refractivity contribution in [2.45, 2.75) is 31.6 Å². The number of hydrogen-bond donors (Lipinski definition) is 1. The van der Waals surface area contributed by atoms with Gasteiger partial charge in [-0.3, -0.25) is 14.8 Å². The van der Waals surface area contributed by atoms with Gasteiger partial charge < -0.3 is 24.6 Å². The van der Waals surface area contributed by atoms with Crippen LogP contribution in [0.4, 0.5) is 33.3 Å². The minimum atomic E-state index is -4.72. The van der Waals surface area contributed by atoms with Gasteiger partial charge in [-0.05, 0) is 42.3 Å². The Morgan fingerprint density at radius 3 is 2.49 bits per heavy atom. The molecule has 4 aromatic rings. The average Bonchev–Trinajstić information content (AvgIpc) is 3.03. The number of methoxy groups -OCH3 is 1. The lowest BCUT2D eigenvalue weighted by atomic mass is 9.95. The van der Waals surface area contributed by atoms with Crippen molar-refractivity contribution in [3.63, 3.8) is 0 Å². The second-order valence-electron chi connectivity index (χ2n) is 11.3. The molecular weight excluding hydrogens is 625 g/mol. The van der Waals surface area contributed by atoms with Crippen molar-refractivity contribution < 1.29 is 41.0 Å². The maximum atomic E-state index is 15.3. The fraction of sp³-hybridized carbons (Fsp3) is 0.333. The van der Waals surface area contributed by atoms with E-state index in [2.05, 4.69) is 15.3 Å². The molecule has 2 atom stereocenters. The molecule has 0 saturated carbocycles. The van der Waals surface area contributed by atoms with E-state index in [1.54, 1.807) is 36.7 Å². The minimum Gasteiger partial charge on any atom is -0.467 e. The molecule has 0 unspecified atom stereocenters. The topological polar surface area (TPSA) is 96.9 Å². The Bertz CT molecular complexity index is 1790. The van der Waals surface area contributed by atoms with E-state index in [-0.39, 0.29) is 19.6 Å². The molecule has 1 aliphatic heterocycles. The van der Waals surface area contributed by atoms with Gasteiger partial charge in [-0.15, -0.1) is 0 Å². The van der Waals surface area contributed by atoms with Gasteiger partial charge in [-0.2, -0.15) is 13.2 Å². The number of fused-ring (bicyclic) bond motifs is 1. The van der Waals surface area contributed by atoms with E-state index in [9.17, 15) is 22.8 Å². The number of pyridine rings is 2. The number of nitrogens with zero attached hydrogens (tertiary/aromatic N) is 4. The summed E-state index contributed by atoms with van der Waals surface area (Å²) in [5.41, 5.74) is 3.02. The number of carbonyl (C=O) groups is 2. The maximum Gasteiger partial charge on any atom is 0.411 e. The van der Waals surface area contributed by atoms with Crippen molar-refractivity contribution in [1.29, 1.82) is 0 Å². The first-order valence-corrected chi connectivity index (χ1v) is 14.6. The third-order valence-corrected chi connectivity index (χ3v) is 8.00. The van der Waals surface area contributed by atoms with E-state index in [0.29, 0.717) is 34.3 Å². The molecule has 5 rings (SSSR count). The summed E-state index contributed by atoms with van der Waals surface area (Å²) in [7, 11) is 4.91. The summed E-state index contributed by atoms with van der Waals surface area (Å²) >= 11 is 0. The minimum absolute atomic E-state index is 0.0810. The van der Waals surface area contributed by atoms with E-state index in [1.165, 1.54) is 0 Å². The summed E-state index contributed by atoms with van der Waals surface area (Å²) in [5, 5.41) is 2.99. The molecule has 9 nitrogen and oxygen atoms in total. The van der Waals surface area contributed by atoms with Crippen molar-refractivity contribution in [1.82, 2.24) is 15.3 Å². The molecule has 0 bridgehead atoms. The van der Waals surface area contributed by atoms with Crippen LogP contribution in [0.15, 0.2) is 54.9 Å². The van der Waals surface area contributed by atoms with Crippen molar-refractivity contribution >= 4 is 34.2 Å². The van der Waals surface area contributed by atoms with Gasteiger partial charge in [0, 0.05) is 56.1 Å². The van der Waals surface area contributed by atoms with Gasteiger partial charge in [0.15, 0.2) is 0 Å². The molecule has 2 aromatic carbocycles. The highest BCUT2D eigenvalue weighted by Gasteiger charge is 2.46. The number of ether oxygens (including phenoxy) is 2. The average molecular weight is 658 g/mol. The van der Waals surface area contributed by atoms with Gasteiger partial charge in [0.25, 0.3) is 5.91 Å². The van der Waals surface area contributed by atoms with Crippen LogP contribution in [0.2, 0.25) is 0 Å². The predicted octanol–water partition coefficient (Wildman–Crippen LogP) is 5.23. The van der Waals surface area contributed by atoms with Gasteiger partial charge in [0.1, 0.15) is 29.3 Å². The normalized spacial score (nSPS) is 15.8. The number of carbonyl (C=O) groups excluding carboxylic acids is 2. The number of rotatable bonds is 8. The molecule has 1 saturated heterocycles. The van der Waals surface area contributed by atoms with E-state index in [4.69, 9.17) is 9.47 Å². The fourth-order valence-electron chi connectivity index (χ4n) is 5.83. The molecule has 1 fully saturated rings. The number of morpholine rings is 1. The number of hydrogen-bond acceptors (Lipinski definition) is 8. The number of nitrogens with one attached hydrogen (secondary N) is 1. The molecule has 47 heavy (non-hydrogen) atoms. The van der Waals surface area contributed by atoms with Crippen molar-refractivity contribution in [2.24, 2.45) is 0 Å². The molecule has 1 amide bonds. The lowest BCUT2D eigenvalue weighted by Crippen LogP contribution is -2.53. The molecule has 0 radical (unpaired) electrons. The van der Waals surface area contributed by atoms with Gasteiger partial charge in [-0.1, -0.05) is 18.2 Å². The van der Waals surface area contributed by atoms with E-state index < -0.39 is 59.6 Å². The van der Waals surface area contributed by atoms with Crippen LogP contribution in [0.25, 0.3) is 22.2 Å². The summed E-state index contributed by atoms with van der Waals surface area (Å²) in [6.45, 7) is 0.911.